The SMILES string of the molecule is CC.CCC(Oc1nc(C2CC2)nc2c1CCNCC2)C(C#N)ON=[N+]=[N-]. The molecule has 0 amide bonds. The van der Waals surface area contributed by atoms with Gasteiger partial charge in [-0.15, -0.1) is 0 Å². The number of hydrogen-bond donors (Lipinski definition) is 1. The predicted molar refractivity (Wildman–Crippen MR) is 100.0 cm³/mol. The summed E-state index contributed by atoms with van der Waals surface area (Å²) in [5.74, 6) is 1.78. The molecule has 0 bridgehead atoms. The van der Waals surface area contributed by atoms with E-state index in [2.05, 4.69) is 20.5 Å². The second-order valence-corrected chi connectivity index (χ2v) is 6.23. The van der Waals surface area contributed by atoms with Crippen molar-refractivity contribution < 1.29 is 9.57 Å². The van der Waals surface area contributed by atoms with E-state index in [4.69, 9.17) is 20.1 Å². The lowest BCUT2D eigenvalue weighted by molar-refractivity contribution is 0.00275. The molecule has 0 spiro atoms. The van der Waals surface area contributed by atoms with E-state index in [9.17, 15) is 5.26 Å². The van der Waals surface area contributed by atoms with Crippen molar-refractivity contribution in [1.82, 2.24) is 15.3 Å². The number of azide groups is 1. The van der Waals surface area contributed by atoms with Crippen molar-refractivity contribution >= 4 is 0 Å². The zero-order chi connectivity index (χ0) is 19.6. The Bertz CT molecular complexity index is 708. The second kappa shape index (κ2) is 10.6. The van der Waals surface area contributed by atoms with E-state index in [1.54, 1.807) is 0 Å². The van der Waals surface area contributed by atoms with Gasteiger partial charge in [-0.1, -0.05) is 20.8 Å². The van der Waals surface area contributed by atoms with Gasteiger partial charge in [0.15, 0.2) is 6.10 Å². The number of aromatic nitrogens is 2. The molecule has 1 aliphatic carbocycles. The van der Waals surface area contributed by atoms with Crippen LogP contribution >= 0.6 is 0 Å². The summed E-state index contributed by atoms with van der Waals surface area (Å²) in [6, 6.07) is 1.98. The van der Waals surface area contributed by atoms with Crippen molar-refractivity contribution in [3.63, 3.8) is 0 Å². The van der Waals surface area contributed by atoms with E-state index in [0.717, 1.165) is 55.9 Å². The first-order chi connectivity index (χ1) is 13.3. The van der Waals surface area contributed by atoms with E-state index in [0.29, 0.717) is 18.2 Å². The minimum atomic E-state index is -0.986. The Labute approximate surface area is 159 Å². The normalized spacial score (nSPS) is 17.6. The number of nitrogens with one attached hydrogen (secondary N) is 1. The first-order valence-electron chi connectivity index (χ1n) is 9.63. The molecule has 27 heavy (non-hydrogen) atoms. The van der Waals surface area contributed by atoms with Crippen LogP contribution in [0.3, 0.4) is 0 Å². The lowest BCUT2D eigenvalue weighted by Gasteiger charge is -2.22. The largest absolute Gasteiger partial charge is 0.469 e. The first kappa shape index (κ1) is 20.7. The van der Waals surface area contributed by atoms with E-state index in [1.165, 1.54) is 0 Å². The molecule has 1 aromatic heterocycles. The van der Waals surface area contributed by atoms with Crippen LogP contribution in [-0.4, -0.2) is 35.3 Å². The summed E-state index contributed by atoms with van der Waals surface area (Å²) < 4.78 is 6.08. The molecule has 2 heterocycles. The van der Waals surface area contributed by atoms with Crippen molar-refractivity contribution in [1.29, 1.82) is 5.26 Å². The fourth-order valence-corrected chi connectivity index (χ4v) is 2.90. The number of hydrogen-bond acceptors (Lipinski definition) is 7. The number of nitrogens with zero attached hydrogens (tertiary/aromatic N) is 6. The highest BCUT2D eigenvalue weighted by molar-refractivity contribution is 5.34. The number of rotatable bonds is 7. The van der Waals surface area contributed by atoms with Gasteiger partial charge in [0, 0.05) is 29.4 Å². The van der Waals surface area contributed by atoms with Gasteiger partial charge in [0.1, 0.15) is 17.2 Å². The molecule has 0 radical (unpaired) electrons. The Balaban J connectivity index is 0.00000126. The Morgan fingerprint density at radius 3 is 2.70 bits per heavy atom. The molecule has 0 aromatic carbocycles. The van der Waals surface area contributed by atoms with Gasteiger partial charge in [0.25, 0.3) is 0 Å². The summed E-state index contributed by atoms with van der Waals surface area (Å²) in [4.78, 5) is 16.8. The van der Waals surface area contributed by atoms with E-state index in [-0.39, 0.29) is 0 Å². The lowest BCUT2D eigenvalue weighted by atomic mass is 10.1. The molecule has 1 aliphatic heterocycles. The fraction of sp³-hybridized carbons (Fsp3) is 0.722. The molecule has 1 aromatic rings. The van der Waals surface area contributed by atoms with Gasteiger partial charge in [-0.25, -0.2) is 4.98 Å². The van der Waals surface area contributed by atoms with Crippen LogP contribution in [0.4, 0.5) is 0 Å². The summed E-state index contributed by atoms with van der Waals surface area (Å²) >= 11 is 0. The summed E-state index contributed by atoms with van der Waals surface area (Å²) in [7, 11) is 0. The number of fused-ring (bicyclic) bond motifs is 1. The van der Waals surface area contributed by atoms with Gasteiger partial charge in [-0.2, -0.15) is 10.2 Å². The Kier molecular flexibility index (Phi) is 8.11. The van der Waals surface area contributed by atoms with Crippen LogP contribution in [0.15, 0.2) is 5.28 Å². The molecule has 2 unspecified atom stereocenters. The molecular weight excluding hydrogens is 346 g/mol. The van der Waals surface area contributed by atoms with Gasteiger partial charge in [-0.3, -0.25) is 0 Å². The van der Waals surface area contributed by atoms with Crippen molar-refractivity contribution in [3.8, 4) is 11.9 Å². The Morgan fingerprint density at radius 1 is 1.33 bits per heavy atom. The van der Waals surface area contributed by atoms with E-state index >= 15 is 0 Å². The van der Waals surface area contributed by atoms with Crippen molar-refractivity contribution in [2.45, 2.75) is 71.0 Å². The third-order valence-electron chi connectivity index (χ3n) is 4.43. The van der Waals surface area contributed by atoms with Gasteiger partial charge in [0.2, 0.25) is 12.0 Å². The summed E-state index contributed by atoms with van der Waals surface area (Å²) in [6.45, 7) is 7.60. The van der Waals surface area contributed by atoms with E-state index in [1.807, 2.05) is 26.8 Å². The molecule has 9 heteroatoms. The number of ether oxygens (including phenoxy) is 1. The van der Waals surface area contributed by atoms with Crippen LogP contribution < -0.4 is 10.1 Å². The Morgan fingerprint density at radius 2 is 2.07 bits per heavy atom. The highest BCUT2D eigenvalue weighted by Crippen LogP contribution is 2.39. The van der Waals surface area contributed by atoms with Gasteiger partial charge in [-0.05, 0) is 37.8 Å². The first-order valence-corrected chi connectivity index (χ1v) is 9.63. The predicted octanol–water partition coefficient (Wildman–Crippen LogP) is 3.36. The van der Waals surface area contributed by atoms with Crippen LogP contribution in [0.5, 0.6) is 5.88 Å². The maximum atomic E-state index is 9.29. The highest BCUT2D eigenvalue weighted by atomic mass is 16.7. The summed E-state index contributed by atoms with van der Waals surface area (Å²) in [6.07, 6.45) is 2.79. The van der Waals surface area contributed by atoms with Crippen LogP contribution in [0.25, 0.3) is 10.4 Å². The molecule has 1 N–H and O–H groups in total. The zero-order valence-electron chi connectivity index (χ0n) is 16.2. The zero-order valence-corrected chi connectivity index (χ0v) is 16.2. The molecule has 9 nitrogen and oxygen atoms in total. The minimum Gasteiger partial charge on any atom is -0.469 e. The third-order valence-corrected chi connectivity index (χ3v) is 4.43. The van der Waals surface area contributed by atoms with Gasteiger partial charge in [0.05, 0.1) is 5.69 Å². The molecule has 1 saturated carbocycles. The number of nitriles is 1. The molecule has 0 saturated heterocycles. The average Bonchev–Trinajstić information content (AvgIpc) is 3.55. The van der Waals surface area contributed by atoms with Crippen LogP contribution in [0.2, 0.25) is 0 Å². The second-order valence-electron chi connectivity index (χ2n) is 6.23. The van der Waals surface area contributed by atoms with Crippen molar-refractivity contribution in [3.05, 3.63) is 27.5 Å². The molecule has 146 valence electrons. The average molecular weight is 373 g/mol. The van der Waals surface area contributed by atoms with Crippen molar-refractivity contribution in [2.24, 2.45) is 5.28 Å². The van der Waals surface area contributed by atoms with Crippen molar-refractivity contribution in [2.75, 3.05) is 13.1 Å². The van der Waals surface area contributed by atoms with Gasteiger partial charge >= 0.3 is 0 Å². The molecule has 2 aliphatic rings. The summed E-state index contributed by atoms with van der Waals surface area (Å²) in [5, 5.41) is 15.7. The van der Waals surface area contributed by atoms with Crippen LogP contribution in [0, 0.1) is 11.3 Å². The molecular formula is C18H27N7O2. The quantitative estimate of drug-likeness (QED) is 0.338. The standard InChI is InChI=1S/C16H21N7O2.C2H6/c1-2-13(14(9-17)25-23-22-18)24-16-11-5-7-19-8-6-12(11)20-15(21-16)10-3-4-10;1-2/h10,13-14,19H,2-8H2,1H3;1-2H3. The lowest BCUT2D eigenvalue weighted by Crippen LogP contribution is -2.32. The fourth-order valence-electron chi connectivity index (χ4n) is 2.90. The monoisotopic (exact) mass is 373 g/mol. The minimum absolute atomic E-state index is 0.412. The molecule has 1 fully saturated rings. The van der Waals surface area contributed by atoms with Crippen LogP contribution in [-0.2, 0) is 17.7 Å². The van der Waals surface area contributed by atoms with E-state index < -0.39 is 12.2 Å². The molecule has 2 atom stereocenters. The molecule has 3 rings (SSSR count). The smallest absolute Gasteiger partial charge is 0.229 e. The van der Waals surface area contributed by atoms with Gasteiger partial charge < -0.3 is 14.9 Å². The topological polar surface area (TPSA) is 129 Å². The third kappa shape index (κ3) is 5.46. The van der Waals surface area contributed by atoms with Crippen LogP contribution in [0.1, 0.15) is 63.0 Å². The maximum Gasteiger partial charge on any atom is 0.229 e. The maximum absolute atomic E-state index is 9.29. The summed E-state index contributed by atoms with van der Waals surface area (Å²) in [5.41, 5.74) is 10.4. The highest BCUT2D eigenvalue weighted by Gasteiger charge is 2.31. The Hall–Kier alpha value is -2.56.